The van der Waals surface area contributed by atoms with Crippen LogP contribution >= 0.6 is 0 Å². The highest BCUT2D eigenvalue weighted by Crippen LogP contribution is 2.64. The van der Waals surface area contributed by atoms with Crippen LogP contribution < -0.4 is 0 Å². The average molecular weight is 621 g/mol. The van der Waals surface area contributed by atoms with E-state index >= 15 is 0 Å². The van der Waals surface area contributed by atoms with Crippen molar-refractivity contribution in [2.24, 2.45) is 40.4 Å². The van der Waals surface area contributed by atoms with Gasteiger partial charge >= 0.3 is 5.97 Å². The summed E-state index contributed by atoms with van der Waals surface area (Å²) in [6, 6.07) is 0. The van der Waals surface area contributed by atoms with Gasteiger partial charge in [0.15, 0.2) is 8.32 Å². The zero-order valence-corrected chi connectivity index (χ0v) is 30.4. The third-order valence-electron chi connectivity index (χ3n) is 12.6. The Morgan fingerprint density at radius 2 is 1.56 bits per heavy atom. The summed E-state index contributed by atoms with van der Waals surface area (Å²) in [5.41, 5.74) is 3.28. The molecule has 8 atom stereocenters. The summed E-state index contributed by atoms with van der Waals surface area (Å²) in [5, 5.41) is 0. The first-order chi connectivity index (χ1) is 20.2. The molecule has 0 aromatic heterocycles. The largest absolute Gasteiger partial charge is 0.431 e. The summed E-state index contributed by atoms with van der Waals surface area (Å²) >= 11 is 0. The number of methoxy groups -OCH3 is 1. The van der Waals surface area contributed by atoms with Gasteiger partial charge in [-0.3, -0.25) is 4.79 Å². The molecule has 0 saturated heterocycles. The van der Waals surface area contributed by atoms with Gasteiger partial charge in [0.2, 0.25) is 0 Å². The highest BCUT2D eigenvalue weighted by Gasteiger charge is 2.59. The van der Waals surface area contributed by atoms with E-state index < -0.39 is 8.32 Å². The quantitative estimate of drug-likeness (QED) is 0.110. The third kappa shape index (κ3) is 6.59. The van der Waals surface area contributed by atoms with E-state index in [0.29, 0.717) is 40.3 Å². The van der Waals surface area contributed by atoms with Gasteiger partial charge in [-0.1, -0.05) is 69.2 Å². The van der Waals surface area contributed by atoms with Crippen LogP contribution in [0.1, 0.15) is 114 Å². The van der Waals surface area contributed by atoms with Gasteiger partial charge in [0.1, 0.15) is 12.6 Å². The predicted molar refractivity (Wildman–Crippen MR) is 175 cm³/mol. The van der Waals surface area contributed by atoms with Crippen molar-refractivity contribution in [3.63, 3.8) is 0 Å². The van der Waals surface area contributed by atoms with Crippen molar-refractivity contribution < 1.29 is 28.2 Å². The molecule has 2 saturated carbocycles. The molecule has 4 aliphatic rings. The van der Waals surface area contributed by atoms with E-state index in [9.17, 15) is 4.79 Å². The molecule has 0 aromatic rings. The Balaban J connectivity index is 1.35. The molecule has 43 heavy (non-hydrogen) atoms. The fourth-order valence-electron chi connectivity index (χ4n) is 10.3. The normalized spacial score (nSPS) is 34.3. The second-order valence-electron chi connectivity index (χ2n) is 16.2. The lowest BCUT2D eigenvalue weighted by atomic mass is 9.55. The summed E-state index contributed by atoms with van der Waals surface area (Å²) in [6.45, 7) is 26.2. The minimum absolute atomic E-state index is 0.0354. The average Bonchev–Trinajstić information content (AvgIpc) is 3.29. The van der Waals surface area contributed by atoms with Crippen LogP contribution in [0.15, 0.2) is 11.3 Å². The lowest BCUT2D eigenvalue weighted by Gasteiger charge is -2.53. The number of carbonyl (C=O) groups excluding carboxylic acids is 1. The fourth-order valence-corrected chi connectivity index (χ4v) is 15.9. The van der Waals surface area contributed by atoms with Crippen LogP contribution in [0.4, 0.5) is 0 Å². The first kappa shape index (κ1) is 35.1. The molecule has 1 aliphatic heterocycles. The topological polar surface area (TPSA) is 63.2 Å². The number of rotatable bonds is 14. The second kappa shape index (κ2) is 13.9. The molecule has 0 aromatic carbocycles. The van der Waals surface area contributed by atoms with Crippen LogP contribution in [0.3, 0.4) is 0 Å². The molecule has 6 nitrogen and oxygen atoms in total. The number of esters is 1. The van der Waals surface area contributed by atoms with Gasteiger partial charge in [-0.25, -0.2) is 0 Å². The van der Waals surface area contributed by atoms with Crippen molar-refractivity contribution in [2.45, 2.75) is 137 Å². The van der Waals surface area contributed by atoms with Crippen LogP contribution in [-0.4, -0.2) is 54.1 Å². The first-order valence-corrected chi connectivity index (χ1v) is 19.6. The third-order valence-corrected chi connectivity index (χ3v) is 18.7. The SMILES string of the molecule is COCOC1CC[C@]2(C)C3=C(OC(=O)[C@H]2C1)[C@@H]1CC[C@H]([C@H](C)COCC(C)CO[Si](C(C)C)(C(C)C)C(C)C)[C@@]1(C)CC3. The monoisotopic (exact) mass is 620 g/mol. The number of allylic oxidation sites excluding steroid dienone is 2. The van der Waals surface area contributed by atoms with Crippen LogP contribution in [-0.2, 0) is 28.2 Å². The van der Waals surface area contributed by atoms with Gasteiger partial charge in [-0.15, -0.1) is 0 Å². The minimum Gasteiger partial charge on any atom is -0.431 e. The highest BCUT2D eigenvalue weighted by molar-refractivity contribution is 6.77. The number of hydrogen-bond acceptors (Lipinski definition) is 6. The van der Waals surface area contributed by atoms with Gasteiger partial charge in [-0.05, 0) is 84.4 Å². The molecular weight excluding hydrogens is 556 g/mol. The Kier molecular flexibility index (Phi) is 11.4. The molecule has 0 bridgehead atoms. The van der Waals surface area contributed by atoms with Gasteiger partial charge in [-0.2, -0.15) is 0 Å². The molecule has 0 N–H and O–H groups in total. The van der Waals surface area contributed by atoms with E-state index in [2.05, 4.69) is 69.2 Å². The summed E-state index contributed by atoms with van der Waals surface area (Å²) < 4.78 is 30.6. The molecule has 248 valence electrons. The molecule has 2 unspecified atom stereocenters. The van der Waals surface area contributed by atoms with Crippen molar-refractivity contribution in [1.82, 2.24) is 0 Å². The maximum Gasteiger partial charge on any atom is 0.315 e. The Bertz CT molecular complexity index is 970. The summed E-state index contributed by atoms with van der Waals surface area (Å²) in [7, 11) is -0.206. The maximum atomic E-state index is 13.5. The van der Waals surface area contributed by atoms with E-state index in [-0.39, 0.29) is 35.6 Å². The Labute approximate surface area is 264 Å². The summed E-state index contributed by atoms with van der Waals surface area (Å²) in [4.78, 5) is 13.5. The number of ether oxygens (including phenoxy) is 4. The molecular formula is C36H64O6Si. The summed E-state index contributed by atoms with van der Waals surface area (Å²) in [6.07, 6.45) is 7.24. The van der Waals surface area contributed by atoms with Gasteiger partial charge in [0, 0.05) is 37.6 Å². The first-order valence-electron chi connectivity index (χ1n) is 17.5. The molecule has 3 aliphatic carbocycles. The van der Waals surface area contributed by atoms with Crippen molar-refractivity contribution in [2.75, 3.05) is 33.7 Å². The van der Waals surface area contributed by atoms with E-state index in [1.165, 1.54) is 18.4 Å². The minimum atomic E-state index is -1.85. The van der Waals surface area contributed by atoms with Crippen LogP contribution in [0.25, 0.3) is 0 Å². The van der Waals surface area contributed by atoms with Gasteiger partial charge < -0.3 is 23.4 Å². The van der Waals surface area contributed by atoms with Crippen LogP contribution in [0, 0.1) is 40.4 Å². The van der Waals surface area contributed by atoms with Crippen molar-refractivity contribution in [3.05, 3.63) is 11.3 Å². The smallest absolute Gasteiger partial charge is 0.315 e. The van der Waals surface area contributed by atoms with Gasteiger partial charge in [0.25, 0.3) is 0 Å². The zero-order chi connectivity index (χ0) is 31.7. The Morgan fingerprint density at radius 3 is 2.19 bits per heavy atom. The van der Waals surface area contributed by atoms with Gasteiger partial charge in [0.05, 0.1) is 18.6 Å². The van der Waals surface area contributed by atoms with Crippen molar-refractivity contribution in [1.29, 1.82) is 0 Å². The van der Waals surface area contributed by atoms with E-state index in [1.54, 1.807) is 7.11 Å². The molecule has 7 heteroatoms. The maximum absolute atomic E-state index is 13.5. The lowest BCUT2D eigenvalue weighted by molar-refractivity contribution is -0.164. The van der Waals surface area contributed by atoms with Crippen LogP contribution in [0.5, 0.6) is 0 Å². The van der Waals surface area contributed by atoms with Crippen molar-refractivity contribution in [3.8, 4) is 0 Å². The Hall–Kier alpha value is -0.733. The molecule has 0 amide bonds. The molecule has 2 fully saturated rings. The molecule has 0 radical (unpaired) electrons. The number of hydrogen-bond donors (Lipinski definition) is 0. The highest BCUT2D eigenvalue weighted by atomic mass is 28.4. The molecule has 1 heterocycles. The standard InChI is InChI=1S/C36H64O6Si/c1-23(2)43(24(3)4,25(5)6)41-20-26(7)19-39-21-27(8)29-12-13-30-33-31(15-17-35(29,30)9)36(10)16-14-28(40-22-38-11)18-32(36)34(37)42-33/h23-30,32H,12-22H2,1-11H3/t26?,27-,28?,29-,30+,32-,35-,36-/m1/s1. The zero-order valence-electron chi connectivity index (χ0n) is 29.4. The van der Waals surface area contributed by atoms with Crippen molar-refractivity contribution >= 4 is 14.3 Å². The summed E-state index contributed by atoms with van der Waals surface area (Å²) in [5.74, 6) is 2.66. The Morgan fingerprint density at radius 1 is 0.884 bits per heavy atom. The fraction of sp³-hybridized carbons (Fsp3) is 0.917. The lowest BCUT2D eigenvalue weighted by Crippen LogP contribution is -2.50. The second-order valence-corrected chi connectivity index (χ2v) is 21.7. The number of fused-ring (bicyclic) bond motifs is 4. The number of carbonyl (C=O) groups is 1. The predicted octanol–water partition coefficient (Wildman–Crippen LogP) is 8.90. The van der Waals surface area contributed by atoms with E-state index in [1.807, 2.05) is 0 Å². The van der Waals surface area contributed by atoms with E-state index in [0.717, 1.165) is 57.7 Å². The molecule has 0 spiro atoms. The van der Waals surface area contributed by atoms with E-state index in [4.69, 9.17) is 23.4 Å². The van der Waals surface area contributed by atoms with Crippen LogP contribution in [0.2, 0.25) is 16.6 Å². The molecule has 4 rings (SSSR count).